The number of carboxylic acid groups (broad SMARTS) is 1. The quantitative estimate of drug-likeness (QED) is 0.200. The Hall–Kier alpha value is -4.32. The van der Waals surface area contributed by atoms with E-state index in [4.69, 9.17) is 5.73 Å². The van der Waals surface area contributed by atoms with Crippen molar-refractivity contribution in [1.29, 1.82) is 0 Å². The highest BCUT2D eigenvalue weighted by Crippen LogP contribution is 2.40. The van der Waals surface area contributed by atoms with Crippen LogP contribution in [0.3, 0.4) is 0 Å². The number of carbonyl (C=O) groups is 2. The second-order valence-electron chi connectivity index (χ2n) is 10.5. The lowest BCUT2D eigenvalue weighted by molar-refractivity contribution is -0.137. The van der Waals surface area contributed by atoms with Crippen LogP contribution < -0.4 is 16.0 Å². The number of hydrogen-bond acceptors (Lipinski definition) is 6. The molecule has 1 saturated heterocycles. The third-order valence-electron chi connectivity index (χ3n) is 7.09. The fourth-order valence-corrected chi connectivity index (χ4v) is 5.18. The Bertz CT molecular complexity index is 1480. The number of nitrogens with zero attached hydrogens (tertiary/aromatic N) is 3. The van der Waals surface area contributed by atoms with Crippen LogP contribution in [0.4, 0.5) is 30.2 Å². The van der Waals surface area contributed by atoms with Crippen molar-refractivity contribution in [3.05, 3.63) is 76.6 Å². The second kappa shape index (κ2) is 12.7. The number of aliphatic carboxylic acids is 1. The van der Waals surface area contributed by atoms with Gasteiger partial charge in [0.05, 0.1) is 23.8 Å². The van der Waals surface area contributed by atoms with E-state index >= 15 is 0 Å². The lowest BCUT2D eigenvalue weighted by atomic mass is 10.0. The SMILES string of the molecule is CC(C)n1c(CCN=Cc2ccccc2N)ccc1C(=O)Nc1cc(CC(=O)O)c(N2CC[C@@H](O)C2)cc1C(F)(F)F. The summed E-state index contributed by atoms with van der Waals surface area (Å²) in [4.78, 5) is 30.9. The summed E-state index contributed by atoms with van der Waals surface area (Å²) in [5, 5.41) is 21.7. The molecule has 3 aromatic rings. The number of β-amino-alcohol motifs (C(OH)–C–C–N with tert-alkyl or cyclic N) is 1. The van der Waals surface area contributed by atoms with Gasteiger partial charge in [-0.3, -0.25) is 14.6 Å². The largest absolute Gasteiger partial charge is 0.481 e. The van der Waals surface area contributed by atoms with Crippen LogP contribution in [0.15, 0.2) is 53.5 Å². The molecule has 2 heterocycles. The molecule has 224 valence electrons. The number of alkyl halides is 3. The summed E-state index contributed by atoms with van der Waals surface area (Å²) >= 11 is 0. The molecular formula is C30H34F3N5O4. The summed E-state index contributed by atoms with van der Waals surface area (Å²) in [6.07, 6.45) is -3.61. The van der Waals surface area contributed by atoms with Gasteiger partial charge >= 0.3 is 12.1 Å². The molecule has 42 heavy (non-hydrogen) atoms. The number of nitrogens with one attached hydrogen (secondary N) is 1. The number of aliphatic imine (C=N–C) groups is 1. The standard InChI is InChI=1S/C30H34F3N5O4/c1-18(2)38-21(9-11-35-16-19-5-3-4-6-24(19)34)7-8-26(38)29(42)36-25-13-20(14-28(40)41)27(15-23(25)30(31,32)33)37-12-10-22(39)17-37/h3-8,13,15-16,18,22,39H,9-12,14,17,34H2,1-2H3,(H,36,42)(H,40,41)/t22-/m1/s1. The zero-order valence-electron chi connectivity index (χ0n) is 23.4. The lowest BCUT2D eigenvalue weighted by Gasteiger charge is -2.25. The topological polar surface area (TPSA) is 133 Å². The zero-order valence-corrected chi connectivity index (χ0v) is 23.4. The summed E-state index contributed by atoms with van der Waals surface area (Å²) in [7, 11) is 0. The molecule has 0 bridgehead atoms. The van der Waals surface area contributed by atoms with E-state index in [1.54, 1.807) is 29.0 Å². The Labute approximate surface area is 241 Å². The highest BCUT2D eigenvalue weighted by atomic mass is 19.4. The molecule has 1 fully saturated rings. The smallest absolute Gasteiger partial charge is 0.418 e. The minimum absolute atomic E-state index is 0.0740. The van der Waals surface area contributed by atoms with E-state index in [1.165, 1.54) is 4.90 Å². The van der Waals surface area contributed by atoms with Crippen molar-refractivity contribution in [3.63, 3.8) is 0 Å². The van der Waals surface area contributed by atoms with Crippen molar-refractivity contribution in [2.75, 3.05) is 35.6 Å². The fraction of sp³-hybridized carbons (Fsp3) is 0.367. The number of aromatic nitrogens is 1. The Morgan fingerprint density at radius 2 is 1.93 bits per heavy atom. The molecule has 1 aliphatic heterocycles. The number of para-hydroxylation sites is 1. The van der Waals surface area contributed by atoms with Gasteiger partial charge in [0.2, 0.25) is 0 Å². The van der Waals surface area contributed by atoms with Crippen LogP contribution in [0.2, 0.25) is 0 Å². The molecule has 0 unspecified atom stereocenters. The average molecular weight is 586 g/mol. The van der Waals surface area contributed by atoms with Gasteiger partial charge in [-0.25, -0.2) is 0 Å². The van der Waals surface area contributed by atoms with E-state index in [0.717, 1.165) is 23.4 Å². The molecule has 0 aliphatic carbocycles. The summed E-state index contributed by atoms with van der Waals surface area (Å²) in [5.41, 5.74) is 6.82. The van der Waals surface area contributed by atoms with Crippen LogP contribution in [0.5, 0.6) is 0 Å². The predicted octanol–water partition coefficient (Wildman–Crippen LogP) is 4.78. The first-order valence-corrected chi connectivity index (χ1v) is 13.6. The van der Waals surface area contributed by atoms with Crippen LogP contribution >= 0.6 is 0 Å². The molecule has 0 spiro atoms. The van der Waals surface area contributed by atoms with Crippen molar-refractivity contribution in [1.82, 2.24) is 4.57 Å². The van der Waals surface area contributed by atoms with Gasteiger partial charge in [0.15, 0.2) is 0 Å². The number of aliphatic hydroxyl groups excluding tert-OH is 1. The van der Waals surface area contributed by atoms with Crippen LogP contribution in [0, 0.1) is 0 Å². The highest BCUT2D eigenvalue weighted by Gasteiger charge is 2.37. The number of amides is 1. The van der Waals surface area contributed by atoms with Crippen molar-refractivity contribution < 1.29 is 33.0 Å². The molecule has 2 aromatic carbocycles. The predicted molar refractivity (Wildman–Crippen MR) is 155 cm³/mol. The summed E-state index contributed by atoms with van der Waals surface area (Å²) < 4.78 is 44.4. The fourth-order valence-electron chi connectivity index (χ4n) is 5.18. The number of carbonyl (C=O) groups excluding carboxylic acids is 1. The van der Waals surface area contributed by atoms with Gasteiger partial charge in [-0.1, -0.05) is 18.2 Å². The van der Waals surface area contributed by atoms with Crippen molar-refractivity contribution >= 4 is 35.2 Å². The minimum Gasteiger partial charge on any atom is -0.481 e. The molecule has 12 heteroatoms. The minimum atomic E-state index is -4.83. The number of carboxylic acids is 1. The van der Waals surface area contributed by atoms with Crippen molar-refractivity contribution in [2.24, 2.45) is 4.99 Å². The maximum absolute atomic E-state index is 14.2. The van der Waals surface area contributed by atoms with Gasteiger partial charge in [-0.05, 0) is 56.2 Å². The zero-order chi connectivity index (χ0) is 30.6. The van der Waals surface area contributed by atoms with Gasteiger partial charge in [0.25, 0.3) is 5.91 Å². The van der Waals surface area contributed by atoms with E-state index in [2.05, 4.69) is 10.3 Å². The molecular weight excluding hydrogens is 551 g/mol. The first kappa shape index (κ1) is 30.6. The third-order valence-corrected chi connectivity index (χ3v) is 7.09. The molecule has 0 radical (unpaired) electrons. The Kier molecular flexibility index (Phi) is 9.25. The number of nitrogens with two attached hydrogens (primary N) is 1. The normalized spacial score (nSPS) is 15.6. The van der Waals surface area contributed by atoms with Crippen molar-refractivity contribution in [2.45, 2.75) is 51.4 Å². The highest BCUT2D eigenvalue weighted by molar-refractivity contribution is 6.04. The number of halogens is 3. The summed E-state index contributed by atoms with van der Waals surface area (Å²) in [6.45, 7) is 4.49. The van der Waals surface area contributed by atoms with E-state index in [0.29, 0.717) is 25.1 Å². The first-order chi connectivity index (χ1) is 19.8. The maximum atomic E-state index is 14.2. The van der Waals surface area contributed by atoms with Gasteiger partial charge in [-0.15, -0.1) is 0 Å². The molecule has 5 N–H and O–H groups in total. The van der Waals surface area contributed by atoms with E-state index in [1.807, 2.05) is 32.0 Å². The number of anilines is 3. The molecule has 0 saturated carbocycles. The Balaban J connectivity index is 1.62. The van der Waals surface area contributed by atoms with E-state index < -0.39 is 41.8 Å². The van der Waals surface area contributed by atoms with Crippen LogP contribution in [0.25, 0.3) is 0 Å². The van der Waals surface area contributed by atoms with Gasteiger partial charge in [0.1, 0.15) is 5.69 Å². The molecule has 1 aromatic heterocycles. The average Bonchev–Trinajstić information content (AvgIpc) is 3.53. The van der Waals surface area contributed by atoms with Gasteiger partial charge < -0.3 is 30.7 Å². The molecule has 1 aliphatic rings. The summed E-state index contributed by atoms with van der Waals surface area (Å²) in [6, 6.07) is 12.3. The third kappa shape index (κ3) is 7.11. The number of rotatable bonds is 10. The Morgan fingerprint density at radius 1 is 1.19 bits per heavy atom. The first-order valence-electron chi connectivity index (χ1n) is 13.6. The molecule has 1 atom stereocenters. The summed E-state index contributed by atoms with van der Waals surface area (Å²) in [5.74, 6) is -1.99. The van der Waals surface area contributed by atoms with Crippen LogP contribution in [-0.4, -0.2) is 58.6 Å². The van der Waals surface area contributed by atoms with E-state index in [9.17, 15) is 33.0 Å². The number of benzene rings is 2. The number of nitrogen functional groups attached to an aromatic ring is 1. The molecule has 9 nitrogen and oxygen atoms in total. The second-order valence-corrected chi connectivity index (χ2v) is 10.5. The Morgan fingerprint density at radius 3 is 2.55 bits per heavy atom. The maximum Gasteiger partial charge on any atom is 0.418 e. The molecule has 4 rings (SSSR count). The molecule has 1 amide bonds. The van der Waals surface area contributed by atoms with Crippen LogP contribution in [-0.2, 0) is 23.8 Å². The number of aliphatic hydroxyl groups is 1. The van der Waals surface area contributed by atoms with Crippen LogP contribution in [0.1, 0.15) is 59.2 Å². The van der Waals surface area contributed by atoms with Crippen molar-refractivity contribution in [3.8, 4) is 0 Å². The number of hydrogen-bond donors (Lipinski definition) is 4. The lowest BCUT2D eigenvalue weighted by Crippen LogP contribution is -2.25. The van der Waals surface area contributed by atoms with Gasteiger partial charge in [0, 0.05) is 60.9 Å². The monoisotopic (exact) mass is 585 g/mol. The van der Waals surface area contributed by atoms with E-state index in [-0.39, 0.29) is 36.1 Å². The van der Waals surface area contributed by atoms with Gasteiger partial charge in [-0.2, -0.15) is 13.2 Å².